The van der Waals surface area contributed by atoms with Crippen molar-refractivity contribution in [2.24, 2.45) is 11.7 Å². The van der Waals surface area contributed by atoms with Crippen molar-refractivity contribution in [1.82, 2.24) is 16.0 Å². The maximum Gasteiger partial charge on any atom is 0.243 e. The lowest BCUT2D eigenvalue weighted by Crippen LogP contribution is -2.86. The molecule has 230 valence electrons. The Balaban J connectivity index is 1.37. The van der Waals surface area contributed by atoms with Gasteiger partial charge in [0.05, 0.1) is 13.1 Å². The molecule has 0 aliphatic carbocycles. The molecule has 1 aliphatic rings. The van der Waals surface area contributed by atoms with E-state index >= 15 is 0 Å². The number of unbranched alkanes of at least 4 members (excludes halogenated alkanes) is 1. The van der Waals surface area contributed by atoms with Crippen LogP contribution in [0.15, 0.2) is 84.9 Å². The standard InChI is InChI=1S/C36H43N5O3/c37-17-5-6-18-39-35(43)32(23-25-11-13-27-7-1-3-9-30(27)21-25)41-36(44)33(40-34(42)29-15-19-38-20-16-29)24-26-12-14-28-8-2-4-10-31(28)22-26/h1-4,7-14,21-22,29,32-33,38H,5-6,15-20,23-24,37H2,(H,39,43)(H,40,42)(H,41,44)/p+1/t32-,33-/m1/s1. The Morgan fingerprint density at radius 1 is 0.705 bits per heavy atom. The minimum Gasteiger partial charge on any atom is -0.354 e. The predicted octanol–water partition coefficient (Wildman–Crippen LogP) is 2.58. The zero-order valence-electron chi connectivity index (χ0n) is 25.3. The molecule has 0 bridgehead atoms. The summed E-state index contributed by atoms with van der Waals surface area (Å²) in [5, 5.41) is 15.7. The number of amides is 3. The molecule has 0 saturated carbocycles. The van der Waals surface area contributed by atoms with Crippen LogP contribution < -0.4 is 27.0 Å². The van der Waals surface area contributed by atoms with Crippen LogP contribution in [0.4, 0.5) is 0 Å². The highest BCUT2D eigenvalue weighted by Crippen LogP contribution is 2.19. The van der Waals surface area contributed by atoms with Gasteiger partial charge in [-0.3, -0.25) is 14.4 Å². The van der Waals surface area contributed by atoms with E-state index in [0.29, 0.717) is 25.9 Å². The molecule has 4 aromatic rings. The highest BCUT2D eigenvalue weighted by molar-refractivity contribution is 5.93. The van der Waals surface area contributed by atoms with Gasteiger partial charge in [-0.05, 0) is 52.1 Å². The third-order valence-corrected chi connectivity index (χ3v) is 8.51. The van der Waals surface area contributed by atoms with Crippen LogP contribution >= 0.6 is 0 Å². The van der Waals surface area contributed by atoms with E-state index in [1.807, 2.05) is 66.7 Å². The molecule has 2 atom stereocenters. The summed E-state index contributed by atoms with van der Waals surface area (Å²) in [6.07, 6.45) is 3.79. The number of hydrogen-bond acceptors (Lipinski definition) is 4. The first kappa shape index (κ1) is 31.2. The van der Waals surface area contributed by atoms with E-state index < -0.39 is 12.1 Å². The first-order valence-electron chi connectivity index (χ1n) is 15.9. The van der Waals surface area contributed by atoms with Crippen molar-refractivity contribution in [2.75, 3.05) is 26.2 Å². The van der Waals surface area contributed by atoms with Gasteiger partial charge in [-0.1, -0.05) is 84.9 Å². The topological polar surface area (TPSA) is 130 Å². The van der Waals surface area contributed by atoms with Gasteiger partial charge in [-0.25, -0.2) is 0 Å². The minimum atomic E-state index is -0.821. The Kier molecular flexibility index (Phi) is 10.9. The number of carbonyl (C=O) groups is 3. The fourth-order valence-corrected chi connectivity index (χ4v) is 5.98. The number of hydrogen-bond donors (Lipinski definition) is 5. The van der Waals surface area contributed by atoms with Gasteiger partial charge in [0.1, 0.15) is 12.1 Å². The fourth-order valence-electron chi connectivity index (χ4n) is 5.98. The second-order valence-electron chi connectivity index (χ2n) is 11.8. The SMILES string of the molecule is NCCCCNC(=O)[C@@H](Cc1ccc2ccccc2c1)NC(=O)[C@@H](Cc1ccc2ccccc2c1)NC(=O)C1CC[NH2+]CC1. The van der Waals surface area contributed by atoms with Crippen LogP contribution in [-0.2, 0) is 27.2 Å². The molecule has 7 N–H and O–H groups in total. The van der Waals surface area contributed by atoms with Crippen molar-refractivity contribution >= 4 is 39.3 Å². The number of piperidine rings is 1. The molecule has 1 aliphatic heterocycles. The Hall–Kier alpha value is -4.27. The molecule has 8 heteroatoms. The van der Waals surface area contributed by atoms with E-state index in [1.54, 1.807) is 0 Å². The van der Waals surface area contributed by atoms with Crippen molar-refractivity contribution in [3.8, 4) is 0 Å². The van der Waals surface area contributed by atoms with Crippen molar-refractivity contribution in [3.63, 3.8) is 0 Å². The van der Waals surface area contributed by atoms with Gasteiger partial charge in [0.15, 0.2) is 0 Å². The molecule has 44 heavy (non-hydrogen) atoms. The smallest absolute Gasteiger partial charge is 0.243 e. The molecule has 0 aromatic heterocycles. The van der Waals surface area contributed by atoms with Crippen LogP contribution in [0, 0.1) is 5.92 Å². The molecule has 1 fully saturated rings. The van der Waals surface area contributed by atoms with Gasteiger partial charge < -0.3 is 27.0 Å². The van der Waals surface area contributed by atoms with Gasteiger partial charge >= 0.3 is 0 Å². The van der Waals surface area contributed by atoms with Gasteiger partial charge in [-0.15, -0.1) is 0 Å². The van der Waals surface area contributed by atoms with E-state index in [-0.39, 0.29) is 23.6 Å². The van der Waals surface area contributed by atoms with Crippen molar-refractivity contribution in [3.05, 3.63) is 96.1 Å². The summed E-state index contributed by atoms with van der Waals surface area (Å²) in [6, 6.07) is 26.7. The van der Waals surface area contributed by atoms with E-state index in [0.717, 1.165) is 71.4 Å². The molecule has 3 amide bonds. The second kappa shape index (κ2) is 15.5. The number of nitrogens with two attached hydrogens (primary N) is 2. The summed E-state index contributed by atoms with van der Waals surface area (Å²) in [7, 11) is 0. The molecule has 1 saturated heterocycles. The maximum absolute atomic E-state index is 14.0. The lowest BCUT2D eigenvalue weighted by molar-refractivity contribution is -0.664. The number of quaternary nitrogens is 1. The molecule has 5 rings (SSSR count). The Bertz CT molecular complexity index is 1580. The summed E-state index contributed by atoms with van der Waals surface area (Å²) in [4.78, 5) is 40.8. The van der Waals surface area contributed by atoms with Gasteiger partial charge in [0, 0.05) is 38.1 Å². The summed E-state index contributed by atoms with van der Waals surface area (Å²) in [6.45, 7) is 2.84. The third kappa shape index (κ3) is 8.42. The molecule has 8 nitrogen and oxygen atoms in total. The molecule has 0 unspecified atom stereocenters. The number of carbonyl (C=O) groups excluding carboxylic acids is 3. The third-order valence-electron chi connectivity index (χ3n) is 8.51. The number of fused-ring (bicyclic) bond motifs is 2. The van der Waals surface area contributed by atoms with E-state index in [4.69, 9.17) is 5.73 Å². The van der Waals surface area contributed by atoms with Crippen LogP contribution in [0.1, 0.15) is 36.8 Å². The molecular weight excluding hydrogens is 550 g/mol. The Morgan fingerprint density at radius 3 is 1.82 bits per heavy atom. The van der Waals surface area contributed by atoms with Crippen LogP contribution in [0.5, 0.6) is 0 Å². The van der Waals surface area contributed by atoms with E-state index in [1.165, 1.54) is 0 Å². The molecule has 0 radical (unpaired) electrons. The highest BCUT2D eigenvalue weighted by atomic mass is 16.2. The monoisotopic (exact) mass is 594 g/mol. The first-order chi connectivity index (χ1) is 21.5. The average molecular weight is 595 g/mol. The van der Waals surface area contributed by atoms with Crippen LogP contribution in [0.25, 0.3) is 21.5 Å². The Morgan fingerprint density at radius 2 is 1.25 bits per heavy atom. The largest absolute Gasteiger partial charge is 0.354 e. The first-order valence-corrected chi connectivity index (χ1v) is 15.9. The summed E-state index contributed by atoms with van der Waals surface area (Å²) in [5.41, 5.74) is 7.52. The number of benzene rings is 4. The zero-order chi connectivity index (χ0) is 30.7. The van der Waals surface area contributed by atoms with Gasteiger partial charge in [-0.2, -0.15) is 0 Å². The quantitative estimate of drug-likeness (QED) is 0.152. The molecule has 4 aromatic carbocycles. The van der Waals surface area contributed by atoms with E-state index in [9.17, 15) is 14.4 Å². The van der Waals surface area contributed by atoms with E-state index in [2.05, 4.69) is 39.5 Å². The fraction of sp³-hybridized carbons (Fsp3) is 0.361. The predicted molar refractivity (Wildman–Crippen MR) is 175 cm³/mol. The average Bonchev–Trinajstić information content (AvgIpc) is 3.06. The molecule has 1 heterocycles. The summed E-state index contributed by atoms with van der Waals surface area (Å²) >= 11 is 0. The van der Waals surface area contributed by atoms with Gasteiger partial charge in [0.25, 0.3) is 0 Å². The lowest BCUT2D eigenvalue weighted by atomic mass is 9.95. The highest BCUT2D eigenvalue weighted by Gasteiger charge is 2.30. The lowest BCUT2D eigenvalue weighted by Gasteiger charge is -2.26. The molecular formula is C36H44N5O3+. The van der Waals surface area contributed by atoms with Crippen LogP contribution in [0.2, 0.25) is 0 Å². The zero-order valence-corrected chi connectivity index (χ0v) is 25.3. The van der Waals surface area contributed by atoms with Gasteiger partial charge in [0.2, 0.25) is 17.7 Å². The van der Waals surface area contributed by atoms with Crippen molar-refractivity contribution in [2.45, 2.75) is 50.6 Å². The maximum atomic E-state index is 14.0. The summed E-state index contributed by atoms with van der Waals surface area (Å²) in [5.74, 6) is -0.832. The van der Waals surface area contributed by atoms with Crippen LogP contribution in [-0.4, -0.2) is 56.0 Å². The Labute approximate surface area is 259 Å². The normalized spacial score (nSPS) is 15.0. The number of nitrogens with one attached hydrogen (secondary N) is 3. The number of rotatable bonds is 13. The summed E-state index contributed by atoms with van der Waals surface area (Å²) < 4.78 is 0. The van der Waals surface area contributed by atoms with Crippen molar-refractivity contribution < 1.29 is 19.7 Å². The second-order valence-corrected chi connectivity index (χ2v) is 11.8. The molecule has 0 spiro atoms. The minimum absolute atomic E-state index is 0.101. The van der Waals surface area contributed by atoms with Crippen LogP contribution in [0.3, 0.4) is 0 Å². The van der Waals surface area contributed by atoms with Crippen molar-refractivity contribution in [1.29, 1.82) is 0 Å².